The Morgan fingerprint density at radius 2 is 1.64 bits per heavy atom. The first-order valence-corrected chi connectivity index (χ1v) is 13.7. The van der Waals surface area contributed by atoms with Gasteiger partial charge in [-0.2, -0.15) is 0 Å². The summed E-state index contributed by atoms with van der Waals surface area (Å²) in [5.41, 5.74) is 2.77. The fourth-order valence-electron chi connectivity index (χ4n) is 3.21. The first-order chi connectivity index (χ1) is 16.1. The van der Waals surface area contributed by atoms with Crippen LogP contribution in [0.5, 0.6) is 0 Å². The van der Waals surface area contributed by atoms with Crippen LogP contribution in [0.2, 0.25) is 0 Å². The Hall–Kier alpha value is -2.33. The van der Waals surface area contributed by atoms with Crippen LogP contribution in [0.4, 0.5) is 5.69 Å². The van der Waals surface area contributed by atoms with E-state index in [9.17, 15) is 8.42 Å². The van der Waals surface area contributed by atoms with Gasteiger partial charge in [-0.3, -0.25) is 4.72 Å². The normalized spacial score (nSPS) is 11.1. The minimum atomic E-state index is -3.27. The van der Waals surface area contributed by atoms with Crippen LogP contribution in [-0.2, 0) is 21.3 Å². The standard InChI is InChI=1S/C27H38N2O3S/c1-2-3-23-33(30,31)29-27-18-16-25(17-19-27)13-9-12-22-32-21-11-5-4-10-20-28-24-26-14-7-6-8-15-26/h6-8,14-19,28-29H,2-5,10-12,20-24H2,1H3. The average Bonchev–Trinajstić information content (AvgIpc) is 2.82. The Labute approximate surface area is 200 Å². The van der Waals surface area contributed by atoms with Crippen molar-refractivity contribution in [2.45, 2.75) is 58.4 Å². The number of rotatable bonds is 16. The van der Waals surface area contributed by atoms with Gasteiger partial charge in [0, 0.05) is 30.8 Å². The fraction of sp³-hybridized carbons (Fsp3) is 0.481. The van der Waals surface area contributed by atoms with E-state index in [-0.39, 0.29) is 5.75 Å². The van der Waals surface area contributed by atoms with E-state index in [0.717, 1.165) is 38.1 Å². The first kappa shape index (κ1) is 26.9. The lowest BCUT2D eigenvalue weighted by atomic mass is 10.2. The predicted octanol–water partition coefficient (Wildman–Crippen LogP) is 5.34. The van der Waals surface area contributed by atoms with Crippen LogP contribution >= 0.6 is 0 Å². The van der Waals surface area contributed by atoms with E-state index in [1.165, 1.54) is 24.8 Å². The second kappa shape index (κ2) is 16.3. The molecule has 0 heterocycles. The Morgan fingerprint density at radius 1 is 0.879 bits per heavy atom. The maximum atomic E-state index is 11.9. The molecule has 0 unspecified atom stereocenters. The van der Waals surface area contributed by atoms with Gasteiger partial charge in [-0.25, -0.2) is 8.42 Å². The molecule has 2 rings (SSSR count). The van der Waals surface area contributed by atoms with Crippen molar-refractivity contribution >= 4 is 15.7 Å². The summed E-state index contributed by atoms with van der Waals surface area (Å²) in [6.45, 7) is 5.39. The molecule has 0 spiro atoms. The highest BCUT2D eigenvalue weighted by Crippen LogP contribution is 2.11. The van der Waals surface area contributed by atoms with Crippen molar-refractivity contribution in [3.8, 4) is 11.8 Å². The highest BCUT2D eigenvalue weighted by molar-refractivity contribution is 7.92. The van der Waals surface area contributed by atoms with Gasteiger partial charge in [-0.15, -0.1) is 0 Å². The zero-order valence-electron chi connectivity index (χ0n) is 19.8. The molecule has 6 heteroatoms. The molecule has 0 saturated carbocycles. The number of nitrogens with one attached hydrogen (secondary N) is 2. The molecule has 0 saturated heterocycles. The van der Waals surface area contributed by atoms with Crippen LogP contribution in [0.1, 0.15) is 63.0 Å². The van der Waals surface area contributed by atoms with Gasteiger partial charge in [-0.1, -0.05) is 68.4 Å². The van der Waals surface area contributed by atoms with Gasteiger partial charge >= 0.3 is 0 Å². The predicted molar refractivity (Wildman–Crippen MR) is 138 cm³/mol. The molecule has 33 heavy (non-hydrogen) atoms. The Bertz CT molecular complexity index is 933. The van der Waals surface area contributed by atoms with Gasteiger partial charge in [0.05, 0.1) is 12.4 Å². The van der Waals surface area contributed by atoms with Crippen molar-refractivity contribution in [3.05, 3.63) is 65.7 Å². The molecule has 2 aromatic rings. The van der Waals surface area contributed by atoms with Crippen molar-refractivity contribution in [2.75, 3.05) is 30.2 Å². The molecule has 0 atom stereocenters. The summed E-state index contributed by atoms with van der Waals surface area (Å²) in [5.74, 6) is 6.36. The lowest BCUT2D eigenvalue weighted by molar-refractivity contribution is 0.135. The lowest BCUT2D eigenvalue weighted by Gasteiger charge is -2.07. The Balaban J connectivity index is 1.46. The van der Waals surface area contributed by atoms with Crippen LogP contribution in [0.25, 0.3) is 0 Å². The molecule has 0 aliphatic heterocycles. The molecule has 0 amide bonds. The van der Waals surface area contributed by atoms with E-state index >= 15 is 0 Å². The summed E-state index contributed by atoms with van der Waals surface area (Å²) in [6.07, 6.45) is 6.89. The minimum absolute atomic E-state index is 0.150. The van der Waals surface area contributed by atoms with Crippen LogP contribution in [-0.4, -0.2) is 33.9 Å². The van der Waals surface area contributed by atoms with Crippen molar-refractivity contribution in [2.24, 2.45) is 0 Å². The highest BCUT2D eigenvalue weighted by atomic mass is 32.2. The number of benzene rings is 2. The molecule has 0 fully saturated rings. The second-order valence-corrected chi connectivity index (χ2v) is 9.93. The largest absolute Gasteiger partial charge is 0.380 e. The Kier molecular flexibility index (Phi) is 13.3. The van der Waals surface area contributed by atoms with Gasteiger partial charge in [0.1, 0.15) is 0 Å². The third-order valence-electron chi connectivity index (χ3n) is 5.09. The van der Waals surface area contributed by atoms with Crippen LogP contribution < -0.4 is 10.0 Å². The van der Waals surface area contributed by atoms with Crippen molar-refractivity contribution < 1.29 is 13.2 Å². The van der Waals surface area contributed by atoms with Crippen molar-refractivity contribution in [1.29, 1.82) is 0 Å². The van der Waals surface area contributed by atoms with E-state index in [4.69, 9.17) is 4.74 Å². The zero-order chi connectivity index (χ0) is 23.6. The van der Waals surface area contributed by atoms with Crippen molar-refractivity contribution in [1.82, 2.24) is 5.32 Å². The quantitative estimate of drug-likeness (QED) is 0.257. The van der Waals surface area contributed by atoms with Crippen LogP contribution in [0.15, 0.2) is 54.6 Å². The molecule has 5 nitrogen and oxygen atoms in total. The van der Waals surface area contributed by atoms with E-state index < -0.39 is 10.0 Å². The monoisotopic (exact) mass is 470 g/mol. The van der Waals surface area contributed by atoms with E-state index in [0.29, 0.717) is 25.1 Å². The maximum absolute atomic E-state index is 11.9. The number of unbranched alkanes of at least 4 members (excludes halogenated alkanes) is 4. The average molecular weight is 471 g/mol. The summed E-state index contributed by atoms with van der Waals surface area (Å²) < 4.78 is 32.1. The van der Waals surface area contributed by atoms with Gasteiger partial charge in [0.25, 0.3) is 0 Å². The van der Waals surface area contributed by atoms with Gasteiger partial charge in [-0.05, 0) is 55.6 Å². The molecular formula is C27H38N2O3S. The second-order valence-electron chi connectivity index (χ2n) is 8.09. The first-order valence-electron chi connectivity index (χ1n) is 12.0. The fourth-order valence-corrected chi connectivity index (χ4v) is 4.48. The van der Waals surface area contributed by atoms with Gasteiger partial charge in [0.15, 0.2) is 0 Å². The zero-order valence-corrected chi connectivity index (χ0v) is 20.6. The molecule has 0 aliphatic rings. The molecule has 2 aromatic carbocycles. The smallest absolute Gasteiger partial charge is 0.232 e. The topological polar surface area (TPSA) is 67.4 Å². The summed E-state index contributed by atoms with van der Waals surface area (Å²) in [4.78, 5) is 0. The Morgan fingerprint density at radius 3 is 2.39 bits per heavy atom. The molecule has 0 aliphatic carbocycles. The molecular weight excluding hydrogens is 432 g/mol. The third kappa shape index (κ3) is 13.1. The lowest BCUT2D eigenvalue weighted by Crippen LogP contribution is -2.16. The summed E-state index contributed by atoms with van der Waals surface area (Å²) >= 11 is 0. The van der Waals surface area contributed by atoms with Gasteiger partial charge < -0.3 is 10.1 Å². The maximum Gasteiger partial charge on any atom is 0.232 e. The molecule has 0 aromatic heterocycles. The molecule has 0 bridgehead atoms. The van der Waals surface area contributed by atoms with Crippen LogP contribution in [0.3, 0.4) is 0 Å². The van der Waals surface area contributed by atoms with E-state index in [1.807, 2.05) is 25.1 Å². The molecule has 0 radical (unpaired) electrons. The molecule has 180 valence electrons. The number of ether oxygens (including phenoxy) is 1. The number of anilines is 1. The number of sulfonamides is 1. The third-order valence-corrected chi connectivity index (χ3v) is 6.47. The molecule has 2 N–H and O–H groups in total. The van der Waals surface area contributed by atoms with Crippen molar-refractivity contribution in [3.63, 3.8) is 0 Å². The summed E-state index contributed by atoms with van der Waals surface area (Å²) in [7, 11) is -3.27. The summed E-state index contributed by atoms with van der Waals surface area (Å²) in [5, 5.41) is 3.48. The van der Waals surface area contributed by atoms with E-state index in [2.05, 4.69) is 46.1 Å². The SMILES string of the molecule is CCCCS(=O)(=O)Nc1ccc(C#CCCOCCCCCCNCc2ccccc2)cc1. The summed E-state index contributed by atoms with van der Waals surface area (Å²) in [6, 6.07) is 17.7. The highest BCUT2D eigenvalue weighted by Gasteiger charge is 2.08. The number of hydrogen-bond acceptors (Lipinski definition) is 4. The number of hydrogen-bond donors (Lipinski definition) is 2. The van der Waals surface area contributed by atoms with E-state index in [1.54, 1.807) is 12.1 Å². The van der Waals surface area contributed by atoms with Crippen LogP contribution in [0, 0.1) is 11.8 Å². The van der Waals surface area contributed by atoms with Gasteiger partial charge in [0.2, 0.25) is 10.0 Å². The minimum Gasteiger partial charge on any atom is -0.380 e.